The lowest BCUT2D eigenvalue weighted by Crippen LogP contribution is -2.24. The smallest absolute Gasteiger partial charge is 0.295 e. The molecular weight excluding hydrogens is 306 g/mol. The zero-order valence-electron chi connectivity index (χ0n) is 13.3. The van der Waals surface area contributed by atoms with Crippen LogP contribution in [0.2, 0.25) is 0 Å². The van der Waals surface area contributed by atoms with Crippen LogP contribution < -0.4 is 4.90 Å². The molecule has 3 rings (SSSR count). The monoisotopic (exact) mass is 325 g/mol. The number of pyridine rings is 1. The highest BCUT2D eigenvalue weighted by Crippen LogP contribution is 2.31. The van der Waals surface area contributed by atoms with Crippen molar-refractivity contribution in [1.82, 2.24) is 4.98 Å². The molecule has 1 aliphatic rings. The maximum Gasteiger partial charge on any atom is 0.295 e. The molecule has 0 radical (unpaired) electrons. The number of nitro groups is 1. The van der Waals surface area contributed by atoms with Crippen LogP contribution in [-0.4, -0.2) is 35.7 Å². The fraction of sp³-hybridized carbons (Fsp3) is 0.278. The molecular formula is C18H19N3O3. The Morgan fingerprint density at radius 2 is 2.12 bits per heavy atom. The summed E-state index contributed by atoms with van der Waals surface area (Å²) >= 11 is 0. The first kappa shape index (κ1) is 16.1. The minimum absolute atomic E-state index is 0.0172. The standard InChI is InChI=1S/C18H19N3O3/c1-2-12-24-15-10-11-20(13-15)17-9-8-16(21(22)23)18(19-17)14-6-4-3-5-7-14/h2-9,15H,1,10-13H2. The lowest BCUT2D eigenvalue weighted by Gasteiger charge is -2.18. The Balaban J connectivity index is 1.88. The van der Waals surface area contributed by atoms with Crippen LogP contribution in [0.3, 0.4) is 0 Å². The van der Waals surface area contributed by atoms with Crippen molar-refractivity contribution in [1.29, 1.82) is 0 Å². The molecule has 0 saturated carbocycles. The molecule has 6 heteroatoms. The summed E-state index contributed by atoms with van der Waals surface area (Å²) in [5.74, 6) is 0.740. The van der Waals surface area contributed by atoms with Crippen molar-refractivity contribution in [3.8, 4) is 11.3 Å². The Morgan fingerprint density at radius 1 is 1.33 bits per heavy atom. The zero-order chi connectivity index (χ0) is 16.9. The van der Waals surface area contributed by atoms with Crippen molar-refractivity contribution in [2.45, 2.75) is 12.5 Å². The molecule has 0 bridgehead atoms. The average Bonchev–Trinajstić information content (AvgIpc) is 3.09. The highest BCUT2D eigenvalue weighted by atomic mass is 16.6. The van der Waals surface area contributed by atoms with Gasteiger partial charge in [-0.25, -0.2) is 4.98 Å². The molecule has 1 unspecified atom stereocenters. The minimum atomic E-state index is -0.390. The van der Waals surface area contributed by atoms with E-state index in [9.17, 15) is 10.1 Å². The first-order valence-corrected chi connectivity index (χ1v) is 7.87. The van der Waals surface area contributed by atoms with Crippen LogP contribution in [0.4, 0.5) is 11.5 Å². The van der Waals surface area contributed by atoms with E-state index in [-0.39, 0.29) is 16.7 Å². The van der Waals surface area contributed by atoms with Gasteiger partial charge >= 0.3 is 0 Å². The molecule has 1 atom stereocenters. The number of hydrogen-bond acceptors (Lipinski definition) is 5. The predicted molar refractivity (Wildman–Crippen MR) is 93.1 cm³/mol. The predicted octanol–water partition coefficient (Wildman–Crippen LogP) is 3.44. The van der Waals surface area contributed by atoms with Gasteiger partial charge in [-0.05, 0) is 12.5 Å². The highest BCUT2D eigenvalue weighted by molar-refractivity contribution is 5.71. The summed E-state index contributed by atoms with van der Waals surface area (Å²) in [4.78, 5) is 17.6. The number of benzene rings is 1. The number of hydrogen-bond donors (Lipinski definition) is 0. The lowest BCUT2D eigenvalue weighted by molar-refractivity contribution is -0.384. The van der Waals surface area contributed by atoms with Crippen LogP contribution in [0.15, 0.2) is 55.1 Å². The molecule has 0 amide bonds. The van der Waals surface area contributed by atoms with Crippen LogP contribution in [0, 0.1) is 10.1 Å². The molecule has 24 heavy (non-hydrogen) atoms. The summed E-state index contributed by atoms with van der Waals surface area (Å²) in [6.07, 6.45) is 2.79. The van der Waals surface area contributed by atoms with Crippen LogP contribution in [-0.2, 0) is 4.74 Å². The van der Waals surface area contributed by atoms with E-state index >= 15 is 0 Å². The van der Waals surface area contributed by atoms with Gasteiger partial charge in [0, 0.05) is 24.7 Å². The van der Waals surface area contributed by atoms with Gasteiger partial charge in [-0.15, -0.1) is 6.58 Å². The Labute approximate surface area is 140 Å². The number of anilines is 1. The summed E-state index contributed by atoms with van der Waals surface area (Å²) in [7, 11) is 0. The van der Waals surface area contributed by atoms with E-state index in [0.29, 0.717) is 12.3 Å². The molecule has 0 N–H and O–H groups in total. The number of aromatic nitrogens is 1. The summed E-state index contributed by atoms with van der Waals surface area (Å²) < 4.78 is 5.68. The number of ether oxygens (including phenoxy) is 1. The van der Waals surface area contributed by atoms with E-state index in [4.69, 9.17) is 4.74 Å². The van der Waals surface area contributed by atoms with Crippen molar-refractivity contribution >= 4 is 11.5 Å². The Hall–Kier alpha value is -2.73. The third kappa shape index (κ3) is 3.44. The molecule has 2 heterocycles. The normalized spacial score (nSPS) is 17.0. The van der Waals surface area contributed by atoms with Gasteiger partial charge in [0.25, 0.3) is 5.69 Å². The second-order valence-electron chi connectivity index (χ2n) is 5.64. The van der Waals surface area contributed by atoms with Crippen LogP contribution in [0.5, 0.6) is 0 Å². The highest BCUT2D eigenvalue weighted by Gasteiger charge is 2.26. The summed E-state index contributed by atoms with van der Waals surface area (Å²) in [5.41, 5.74) is 1.15. The molecule has 1 saturated heterocycles. The van der Waals surface area contributed by atoms with E-state index < -0.39 is 0 Å². The van der Waals surface area contributed by atoms with Gasteiger partial charge in [-0.1, -0.05) is 36.4 Å². The molecule has 6 nitrogen and oxygen atoms in total. The Kier molecular flexibility index (Phi) is 4.86. The average molecular weight is 325 g/mol. The van der Waals surface area contributed by atoms with Gasteiger partial charge < -0.3 is 9.64 Å². The van der Waals surface area contributed by atoms with Gasteiger partial charge in [0.1, 0.15) is 5.82 Å². The van der Waals surface area contributed by atoms with Gasteiger partial charge in [0.15, 0.2) is 5.69 Å². The molecule has 2 aromatic rings. The maximum absolute atomic E-state index is 11.3. The van der Waals surface area contributed by atoms with Gasteiger partial charge in [0.2, 0.25) is 0 Å². The van der Waals surface area contributed by atoms with Gasteiger partial charge in [-0.3, -0.25) is 10.1 Å². The first-order chi connectivity index (χ1) is 11.7. The molecule has 1 aromatic heterocycles. The van der Waals surface area contributed by atoms with Crippen molar-refractivity contribution in [3.05, 3.63) is 65.2 Å². The van der Waals surface area contributed by atoms with Crippen LogP contribution in [0.1, 0.15) is 6.42 Å². The van der Waals surface area contributed by atoms with Gasteiger partial charge in [0.05, 0.1) is 17.6 Å². The molecule has 1 fully saturated rings. The largest absolute Gasteiger partial charge is 0.372 e. The van der Waals surface area contributed by atoms with E-state index in [1.165, 1.54) is 6.07 Å². The van der Waals surface area contributed by atoms with E-state index in [0.717, 1.165) is 30.9 Å². The van der Waals surface area contributed by atoms with Crippen LogP contribution >= 0.6 is 0 Å². The van der Waals surface area contributed by atoms with Crippen molar-refractivity contribution in [2.24, 2.45) is 0 Å². The lowest BCUT2D eigenvalue weighted by atomic mass is 10.1. The molecule has 0 spiro atoms. The Bertz CT molecular complexity index is 734. The summed E-state index contributed by atoms with van der Waals surface area (Å²) in [6, 6.07) is 12.5. The SMILES string of the molecule is C=CCOC1CCN(c2ccc([N+](=O)[O-])c(-c3ccccc3)n2)C1. The summed E-state index contributed by atoms with van der Waals surface area (Å²) in [5, 5.41) is 11.3. The van der Waals surface area contributed by atoms with E-state index in [2.05, 4.69) is 16.5 Å². The third-order valence-corrected chi connectivity index (χ3v) is 4.02. The van der Waals surface area contributed by atoms with E-state index in [1.54, 1.807) is 12.1 Å². The molecule has 1 aromatic carbocycles. The molecule has 0 aliphatic carbocycles. The fourth-order valence-corrected chi connectivity index (χ4v) is 2.85. The second-order valence-corrected chi connectivity index (χ2v) is 5.64. The quantitative estimate of drug-likeness (QED) is 0.462. The Morgan fingerprint density at radius 3 is 2.83 bits per heavy atom. The first-order valence-electron chi connectivity index (χ1n) is 7.87. The topological polar surface area (TPSA) is 68.5 Å². The third-order valence-electron chi connectivity index (χ3n) is 4.02. The fourth-order valence-electron chi connectivity index (χ4n) is 2.85. The van der Waals surface area contributed by atoms with Crippen molar-refractivity contribution in [3.63, 3.8) is 0 Å². The number of rotatable bonds is 6. The summed E-state index contributed by atoms with van der Waals surface area (Å²) in [6.45, 7) is 5.73. The maximum atomic E-state index is 11.3. The second kappa shape index (κ2) is 7.23. The number of nitrogens with zero attached hydrogens (tertiary/aromatic N) is 3. The van der Waals surface area contributed by atoms with Crippen molar-refractivity contribution < 1.29 is 9.66 Å². The van der Waals surface area contributed by atoms with Gasteiger partial charge in [-0.2, -0.15) is 0 Å². The minimum Gasteiger partial charge on any atom is -0.372 e. The van der Waals surface area contributed by atoms with Crippen molar-refractivity contribution in [2.75, 3.05) is 24.6 Å². The zero-order valence-corrected chi connectivity index (χ0v) is 13.3. The molecule has 124 valence electrons. The molecule has 1 aliphatic heterocycles. The van der Waals surface area contributed by atoms with E-state index in [1.807, 2.05) is 30.3 Å². The van der Waals surface area contributed by atoms with Crippen LogP contribution in [0.25, 0.3) is 11.3 Å².